The molecule has 0 fully saturated rings. The lowest BCUT2D eigenvalue weighted by molar-refractivity contribution is 0.0509. The van der Waals surface area contributed by atoms with E-state index in [1.165, 1.54) is 14.0 Å². The molecule has 90 valence electrons. The highest BCUT2D eigenvalue weighted by atomic mass is 32.2. The molecule has 0 amide bonds. The fraction of sp³-hybridized carbons (Fsp3) is 0.375. The first-order valence-corrected chi connectivity index (χ1v) is 5.72. The summed E-state index contributed by atoms with van der Waals surface area (Å²) in [7, 11) is -3.42. The van der Waals surface area contributed by atoms with Gasteiger partial charge in [0.2, 0.25) is 0 Å². The summed E-state index contributed by atoms with van der Waals surface area (Å²) in [5, 5.41) is 0. The highest BCUT2D eigenvalue weighted by Crippen LogP contribution is 2.20. The van der Waals surface area contributed by atoms with Gasteiger partial charge in [-0.2, -0.15) is 8.42 Å². The van der Waals surface area contributed by atoms with Crippen molar-refractivity contribution in [2.45, 2.75) is 11.8 Å². The Balaban J connectivity index is 3.34. The molecule has 0 radical (unpaired) electrons. The number of carbonyl (C=O) groups is 1. The minimum Gasteiger partial charge on any atom is -0.461 e. The molecule has 1 aromatic heterocycles. The molecule has 1 heterocycles. The smallest absolute Gasteiger partial charge is 0.358 e. The van der Waals surface area contributed by atoms with Crippen molar-refractivity contribution < 1.29 is 26.9 Å². The molecule has 0 saturated heterocycles. The van der Waals surface area contributed by atoms with Crippen LogP contribution in [0.2, 0.25) is 0 Å². The molecule has 6 nitrogen and oxygen atoms in total. The zero-order valence-corrected chi connectivity index (χ0v) is 9.41. The molecule has 0 saturated carbocycles. The molecule has 0 aliphatic rings. The Hall–Kier alpha value is -1.41. The molecular formula is C8H10FNO5S. The maximum atomic E-state index is 13.5. The lowest BCUT2D eigenvalue weighted by Gasteiger charge is -2.02. The third-order valence-corrected chi connectivity index (χ3v) is 2.67. The molecule has 0 unspecified atom stereocenters. The van der Waals surface area contributed by atoms with Crippen molar-refractivity contribution in [2.24, 2.45) is 7.05 Å². The van der Waals surface area contributed by atoms with Crippen molar-refractivity contribution in [2.75, 3.05) is 6.61 Å². The van der Waals surface area contributed by atoms with E-state index < -0.39 is 32.5 Å². The van der Waals surface area contributed by atoms with Gasteiger partial charge in [0.1, 0.15) is 4.90 Å². The van der Waals surface area contributed by atoms with Crippen LogP contribution in [0.25, 0.3) is 0 Å². The Labute approximate surface area is 91.4 Å². The van der Waals surface area contributed by atoms with Crippen molar-refractivity contribution in [3.63, 3.8) is 0 Å². The first-order chi connectivity index (χ1) is 7.29. The molecule has 1 rings (SSSR count). The predicted molar refractivity (Wildman–Crippen MR) is 51.1 cm³/mol. The summed E-state index contributed by atoms with van der Waals surface area (Å²) in [6.45, 7) is 1.56. The first-order valence-electron chi connectivity index (χ1n) is 4.28. The Kier molecular flexibility index (Phi) is 3.34. The predicted octanol–water partition coefficient (Wildman–Crippen LogP) is 0.588. The second-order valence-electron chi connectivity index (χ2n) is 2.96. The van der Waals surface area contributed by atoms with Crippen LogP contribution >= 0.6 is 0 Å². The number of halogens is 1. The van der Waals surface area contributed by atoms with Gasteiger partial charge >= 0.3 is 5.97 Å². The second-order valence-corrected chi connectivity index (χ2v) is 4.35. The SMILES string of the molecule is CCOC(=O)c1c(F)c(S(=O)(=O)O)cn1C. The molecule has 0 atom stereocenters. The Bertz CT molecular complexity index is 519. The van der Waals surface area contributed by atoms with E-state index in [-0.39, 0.29) is 6.61 Å². The normalized spacial score (nSPS) is 11.5. The van der Waals surface area contributed by atoms with Gasteiger partial charge in [0.15, 0.2) is 11.5 Å². The summed E-state index contributed by atoms with van der Waals surface area (Å²) in [6.07, 6.45) is 0.802. The average Bonchev–Trinajstić information content (AvgIpc) is 2.41. The third-order valence-electron chi connectivity index (χ3n) is 1.83. The molecule has 16 heavy (non-hydrogen) atoms. The second kappa shape index (κ2) is 4.22. The van der Waals surface area contributed by atoms with Gasteiger partial charge in [-0.25, -0.2) is 9.18 Å². The van der Waals surface area contributed by atoms with Gasteiger partial charge in [-0.1, -0.05) is 0 Å². The van der Waals surface area contributed by atoms with E-state index in [0.29, 0.717) is 0 Å². The molecule has 0 aromatic carbocycles. The van der Waals surface area contributed by atoms with Crippen LogP contribution < -0.4 is 0 Å². The fourth-order valence-electron chi connectivity index (χ4n) is 1.18. The maximum Gasteiger partial charge on any atom is 0.358 e. The number of nitrogens with zero attached hydrogens (tertiary/aromatic N) is 1. The Morgan fingerprint density at radius 3 is 2.56 bits per heavy atom. The van der Waals surface area contributed by atoms with Gasteiger partial charge < -0.3 is 9.30 Å². The van der Waals surface area contributed by atoms with Crippen LogP contribution in [0.4, 0.5) is 4.39 Å². The number of aromatic nitrogens is 1. The van der Waals surface area contributed by atoms with E-state index in [0.717, 1.165) is 10.8 Å². The topological polar surface area (TPSA) is 85.6 Å². The monoisotopic (exact) mass is 251 g/mol. The van der Waals surface area contributed by atoms with Gasteiger partial charge in [-0.05, 0) is 6.92 Å². The van der Waals surface area contributed by atoms with Gasteiger partial charge in [0.05, 0.1) is 6.61 Å². The van der Waals surface area contributed by atoms with E-state index >= 15 is 0 Å². The van der Waals surface area contributed by atoms with Crippen LogP contribution in [0, 0.1) is 5.82 Å². The summed E-state index contributed by atoms with van der Waals surface area (Å²) in [5.41, 5.74) is -0.547. The summed E-state index contributed by atoms with van der Waals surface area (Å²) in [4.78, 5) is 10.3. The van der Waals surface area contributed by atoms with E-state index in [1.54, 1.807) is 0 Å². The Morgan fingerprint density at radius 1 is 1.62 bits per heavy atom. The molecule has 0 aliphatic heterocycles. The molecule has 1 N–H and O–H groups in total. The van der Waals surface area contributed by atoms with Crippen molar-refractivity contribution in [1.82, 2.24) is 4.57 Å². The molecular weight excluding hydrogens is 241 g/mol. The number of hydrogen-bond donors (Lipinski definition) is 1. The number of carbonyl (C=O) groups excluding carboxylic acids is 1. The van der Waals surface area contributed by atoms with Gasteiger partial charge in [0, 0.05) is 13.2 Å². The van der Waals surface area contributed by atoms with E-state index in [2.05, 4.69) is 4.74 Å². The standard InChI is InChI=1S/C8H10FNO5S/c1-3-15-8(11)7-6(9)5(4-10(7)2)16(12,13)14/h4H,3H2,1-2H3,(H,12,13,14). The number of hydrogen-bond acceptors (Lipinski definition) is 4. The van der Waals surface area contributed by atoms with E-state index in [4.69, 9.17) is 4.55 Å². The van der Waals surface area contributed by atoms with Crippen LogP contribution in [0.5, 0.6) is 0 Å². The van der Waals surface area contributed by atoms with Crippen molar-refractivity contribution in [1.29, 1.82) is 0 Å². The van der Waals surface area contributed by atoms with Crippen LogP contribution in [-0.2, 0) is 21.9 Å². The van der Waals surface area contributed by atoms with Gasteiger partial charge in [-0.15, -0.1) is 0 Å². The summed E-state index contributed by atoms with van der Waals surface area (Å²) in [6, 6.07) is 0. The molecule has 0 bridgehead atoms. The quantitative estimate of drug-likeness (QED) is 0.627. The van der Waals surface area contributed by atoms with E-state index in [1.807, 2.05) is 0 Å². The van der Waals surface area contributed by atoms with Crippen LogP contribution in [-0.4, -0.2) is 30.1 Å². The lowest BCUT2D eigenvalue weighted by Crippen LogP contribution is -2.11. The molecule has 1 aromatic rings. The van der Waals surface area contributed by atoms with Crippen LogP contribution in [0.15, 0.2) is 11.1 Å². The van der Waals surface area contributed by atoms with Crippen molar-refractivity contribution in [3.05, 3.63) is 17.7 Å². The van der Waals surface area contributed by atoms with Crippen LogP contribution in [0.3, 0.4) is 0 Å². The lowest BCUT2D eigenvalue weighted by atomic mass is 10.4. The zero-order chi connectivity index (χ0) is 12.5. The van der Waals surface area contributed by atoms with Crippen molar-refractivity contribution in [3.8, 4) is 0 Å². The summed E-state index contributed by atoms with van der Waals surface area (Å²) in [5.74, 6) is -2.30. The zero-order valence-electron chi connectivity index (χ0n) is 8.60. The summed E-state index contributed by atoms with van der Waals surface area (Å²) < 4.78 is 49.2. The number of esters is 1. The van der Waals surface area contributed by atoms with Crippen molar-refractivity contribution >= 4 is 16.1 Å². The minimum absolute atomic E-state index is 0.0324. The van der Waals surface area contributed by atoms with Gasteiger partial charge in [-0.3, -0.25) is 4.55 Å². The molecule has 0 aliphatic carbocycles. The number of ether oxygens (including phenoxy) is 1. The van der Waals surface area contributed by atoms with Gasteiger partial charge in [0.25, 0.3) is 10.1 Å². The van der Waals surface area contributed by atoms with E-state index in [9.17, 15) is 17.6 Å². The minimum atomic E-state index is -4.69. The molecule has 0 spiro atoms. The first kappa shape index (κ1) is 12.7. The number of rotatable bonds is 3. The maximum absolute atomic E-state index is 13.5. The van der Waals surface area contributed by atoms with Crippen LogP contribution in [0.1, 0.15) is 17.4 Å². The average molecular weight is 251 g/mol. The Morgan fingerprint density at radius 2 is 2.19 bits per heavy atom. The highest BCUT2D eigenvalue weighted by molar-refractivity contribution is 7.85. The number of aryl methyl sites for hydroxylation is 1. The third kappa shape index (κ3) is 2.22. The molecule has 8 heteroatoms. The summed E-state index contributed by atoms with van der Waals surface area (Å²) >= 11 is 0. The fourth-order valence-corrected chi connectivity index (χ4v) is 1.80. The largest absolute Gasteiger partial charge is 0.461 e. The highest BCUT2D eigenvalue weighted by Gasteiger charge is 2.27.